The van der Waals surface area contributed by atoms with E-state index in [-0.39, 0.29) is 12.0 Å². The van der Waals surface area contributed by atoms with Crippen molar-refractivity contribution in [3.05, 3.63) is 95.1 Å². The molecule has 0 spiro atoms. The number of halogens is 1. The molecule has 0 saturated heterocycles. The zero-order valence-electron chi connectivity index (χ0n) is 17.6. The lowest BCUT2D eigenvalue weighted by atomic mass is 9.98. The van der Waals surface area contributed by atoms with Crippen LogP contribution in [0.15, 0.2) is 78.2 Å². The van der Waals surface area contributed by atoms with Crippen LogP contribution < -0.4 is 24.4 Å². The summed E-state index contributed by atoms with van der Waals surface area (Å²) in [5, 5.41) is 3.45. The second-order valence-electron chi connectivity index (χ2n) is 7.51. The quantitative estimate of drug-likeness (QED) is 0.559. The van der Waals surface area contributed by atoms with Crippen LogP contribution in [-0.4, -0.2) is 19.2 Å². The molecule has 0 aliphatic carbocycles. The summed E-state index contributed by atoms with van der Waals surface area (Å²) in [5.41, 5.74) is 3.59. The van der Waals surface area contributed by atoms with Crippen molar-refractivity contribution in [2.24, 2.45) is 0 Å². The standard InChI is InChI=1S/C25H21FN2O3S/c1-29-19-12-6-15(7-13-19)23-27-24(32)20-14-16-4-3-5-21(30-2)22(16)31-25(20)28(23)18-10-8-17(26)9-11-18/h3-13,23H,14H2,1-2H3,(H,27,32). The van der Waals surface area contributed by atoms with Gasteiger partial charge in [0.25, 0.3) is 0 Å². The van der Waals surface area contributed by atoms with Crippen LogP contribution in [0.2, 0.25) is 0 Å². The molecule has 2 heterocycles. The zero-order valence-corrected chi connectivity index (χ0v) is 18.4. The van der Waals surface area contributed by atoms with Crippen molar-refractivity contribution in [3.8, 4) is 17.2 Å². The maximum absolute atomic E-state index is 13.7. The molecule has 1 atom stereocenters. The summed E-state index contributed by atoms with van der Waals surface area (Å²) in [7, 11) is 3.25. The highest BCUT2D eigenvalue weighted by Crippen LogP contribution is 2.44. The van der Waals surface area contributed by atoms with Gasteiger partial charge in [-0.05, 0) is 48.0 Å². The molecule has 0 fully saturated rings. The molecule has 3 aromatic carbocycles. The lowest BCUT2D eigenvalue weighted by Crippen LogP contribution is -2.49. The molecule has 2 aliphatic heterocycles. The van der Waals surface area contributed by atoms with Gasteiger partial charge in [0.05, 0.1) is 19.8 Å². The van der Waals surface area contributed by atoms with E-state index in [1.54, 1.807) is 26.4 Å². The molecule has 1 unspecified atom stereocenters. The number of nitrogens with zero attached hydrogens (tertiary/aromatic N) is 1. The van der Waals surface area contributed by atoms with Gasteiger partial charge < -0.3 is 19.5 Å². The fourth-order valence-electron chi connectivity index (χ4n) is 4.05. The van der Waals surface area contributed by atoms with Gasteiger partial charge >= 0.3 is 0 Å². The number of anilines is 1. The van der Waals surface area contributed by atoms with E-state index in [0.717, 1.165) is 28.1 Å². The van der Waals surface area contributed by atoms with E-state index in [1.165, 1.54) is 12.1 Å². The first-order chi connectivity index (χ1) is 15.6. The molecule has 0 radical (unpaired) electrons. The average Bonchev–Trinajstić information content (AvgIpc) is 2.83. The van der Waals surface area contributed by atoms with Gasteiger partial charge in [0.1, 0.15) is 22.7 Å². The van der Waals surface area contributed by atoms with Crippen molar-refractivity contribution in [3.63, 3.8) is 0 Å². The molecular weight excluding hydrogens is 427 g/mol. The first kappa shape index (κ1) is 20.3. The largest absolute Gasteiger partial charge is 0.497 e. The van der Waals surface area contributed by atoms with Crippen LogP contribution in [0.4, 0.5) is 10.1 Å². The maximum atomic E-state index is 13.7. The summed E-state index contributed by atoms with van der Waals surface area (Å²) in [6, 6.07) is 19.9. The SMILES string of the molecule is COc1ccc(C2NC(=S)C3=C(Oc4c(cccc4OC)C3)N2c2ccc(F)cc2)cc1. The third-order valence-corrected chi connectivity index (χ3v) is 6.02. The molecular formula is C25H21FN2O3S. The summed E-state index contributed by atoms with van der Waals surface area (Å²) in [4.78, 5) is 2.62. The van der Waals surface area contributed by atoms with Crippen molar-refractivity contribution < 1.29 is 18.6 Å². The lowest BCUT2D eigenvalue weighted by molar-refractivity contribution is 0.327. The second kappa shape index (κ2) is 8.16. The molecule has 7 heteroatoms. The van der Waals surface area contributed by atoms with E-state index < -0.39 is 0 Å². The first-order valence-corrected chi connectivity index (χ1v) is 10.6. The molecule has 0 bridgehead atoms. The smallest absolute Gasteiger partial charge is 0.209 e. The Bertz CT molecular complexity index is 1210. The minimum atomic E-state index is -0.353. The third kappa shape index (κ3) is 3.44. The van der Waals surface area contributed by atoms with Crippen molar-refractivity contribution in [1.82, 2.24) is 5.32 Å². The van der Waals surface area contributed by atoms with Crippen LogP contribution in [0.25, 0.3) is 0 Å². The molecule has 0 amide bonds. The monoisotopic (exact) mass is 448 g/mol. The highest BCUT2D eigenvalue weighted by molar-refractivity contribution is 7.80. The molecule has 5 rings (SSSR count). The molecule has 1 N–H and O–H groups in total. The number of para-hydroxylation sites is 1. The molecule has 5 nitrogen and oxygen atoms in total. The van der Waals surface area contributed by atoms with Crippen LogP contribution in [0, 0.1) is 5.82 Å². The van der Waals surface area contributed by atoms with E-state index >= 15 is 0 Å². The van der Waals surface area contributed by atoms with Gasteiger partial charge in [-0.3, -0.25) is 4.90 Å². The molecule has 162 valence electrons. The summed E-state index contributed by atoms with van der Waals surface area (Å²) in [6.45, 7) is 0. The van der Waals surface area contributed by atoms with Crippen LogP contribution in [0.3, 0.4) is 0 Å². The molecule has 0 saturated carbocycles. The summed E-state index contributed by atoms with van der Waals surface area (Å²) >= 11 is 5.75. The Morgan fingerprint density at radius 1 is 1.00 bits per heavy atom. The number of fused-ring (bicyclic) bond motifs is 1. The van der Waals surface area contributed by atoms with Crippen LogP contribution in [0.5, 0.6) is 17.2 Å². The van der Waals surface area contributed by atoms with E-state index in [0.29, 0.717) is 28.8 Å². The van der Waals surface area contributed by atoms with Crippen molar-refractivity contribution in [1.29, 1.82) is 0 Å². The van der Waals surface area contributed by atoms with Gasteiger partial charge in [-0.2, -0.15) is 0 Å². The highest BCUT2D eigenvalue weighted by atomic mass is 32.1. The Labute approximate surface area is 191 Å². The van der Waals surface area contributed by atoms with Crippen molar-refractivity contribution in [2.45, 2.75) is 12.6 Å². The van der Waals surface area contributed by atoms with Gasteiger partial charge in [-0.1, -0.05) is 36.5 Å². The predicted octanol–water partition coefficient (Wildman–Crippen LogP) is 5.13. The number of thiocarbonyl (C=S) groups is 1. The number of rotatable bonds is 4. The normalized spacial score (nSPS) is 17.2. The Hall–Kier alpha value is -3.58. The van der Waals surface area contributed by atoms with Gasteiger partial charge in [0.15, 0.2) is 11.5 Å². The van der Waals surface area contributed by atoms with E-state index in [9.17, 15) is 4.39 Å². The summed E-state index contributed by atoms with van der Waals surface area (Å²) < 4.78 is 31.0. The summed E-state index contributed by atoms with van der Waals surface area (Å²) in [5.74, 6) is 2.38. The maximum Gasteiger partial charge on any atom is 0.209 e. The van der Waals surface area contributed by atoms with Gasteiger partial charge in [0, 0.05) is 17.7 Å². The number of nitrogens with one attached hydrogen (secondary N) is 1. The van der Waals surface area contributed by atoms with E-state index in [2.05, 4.69) is 5.32 Å². The van der Waals surface area contributed by atoms with Crippen LogP contribution in [0.1, 0.15) is 17.3 Å². The molecule has 3 aromatic rings. The van der Waals surface area contributed by atoms with Crippen molar-refractivity contribution >= 4 is 22.9 Å². The zero-order chi connectivity index (χ0) is 22.2. The molecule has 32 heavy (non-hydrogen) atoms. The third-order valence-electron chi connectivity index (χ3n) is 5.66. The lowest BCUT2D eigenvalue weighted by Gasteiger charge is -2.43. The second-order valence-corrected chi connectivity index (χ2v) is 7.91. The number of benzene rings is 3. The number of ether oxygens (including phenoxy) is 3. The van der Waals surface area contributed by atoms with Crippen LogP contribution in [-0.2, 0) is 6.42 Å². The summed E-state index contributed by atoms with van der Waals surface area (Å²) in [6.07, 6.45) is 0.245. The van der Waals surface area contributed by atoms with Crippen LogP contribution >= 0.6 is 12.2 Å². The minimum absolute atomic E-state index is 0.305. The number of hydrogen-bond donors (Lipinski definition) is 1. The average molecular weight is 449 g/mol. The van der Waals surface area contributed by atoms with Gasteiger partial charge in [-0.25, -0.2) is 4.39 Å². The molecule has 0 aromatic heterocycles. The number of methoxy groups -OCH3 is 2. The highest BCUT2D eigenvalue weighted by Gasteiger charge is 2.38. The predicted molar refractivity (Wildman–Crippen MR) is 125 cm³/mol. The minimum Gasteiger partial charge on any atom is -0.497 e. The fourth-order valence-corrected chi connectivity index (χ4v) is 4.32. The topological polar surface area (TPSA) is 43.0 Å². The molecule has 2 aliphatic rings. The van der Waals surface area contributed by atoms with E-state index in [1.807, 2.05) is 47.4 Å². The Morgan fingerprint density at radius 2 is 1.75 bits per heavy atom. The van der Waals surface area contributed by atoms with E-state index in [4.69, 9.17) is 26.4 Å². The van der Waals surface area contributed by atoms with Gasteiger partial charge in [-0.15, -0.1) is 0 Å². The van der Waals surface area contributed by atoms with Crippen molar-refractivity contribution in [2.75, 3.05) is 19.1 Å². The Kier molecular flexibility index (Phi) is 5.19. The Morgan fingerprint density at radius 3 is 2.44 bits per heavy atom. The fraction of sp³-hybridized carbons (Fsp3) is 0.160. The number of hydrogen-bond acceptors (Lipinski definition) is 5. The Balaban J connectivity index is 1.65. The first-order valence-electron chi connectivity index (χ1n) is 10.2. The van der Waals surface area contributed by atoms with Gasteiger partial charge in [0.2, 0.25) is 5.88 Å².